The van der Waals surface area contributed by atoms with E-state index in [1.807, 2.05) is 30.1 Å². The van der Waals surface area contributed by atoms with Crippen LogP contribution in [0.25, 0.3) is 10.4 Å². The topological polar surface area (TPSA) is 68.0 Å². The SMILES string of the molecule is C/C(=N/N1CCOCC1)c1ccc(-c2ccccc2[N+](=O)[O-])s1. The van der Waals surface area contributed by atoms with Crippen LogP contribution in [-0.4, -0.2) is 41.9 Å². The molecule has 0 radical (unpaired) electrons. The average molecular weight is 331 g/mol. The molecule has 2 aromatic rings. The molecule has 0 aliphatic carbocycles. The van der Waals surface area contributed by atoms with Crippen molar-refractivity contribution in [3.63, 3.8) is 0 Å². The Hall–Kier alpha value is -2.25. The molecule has 0 amide bonds. The highest BCUT2D eigenvalue weighted by atomic mass is 32.1. The molecule has 0 N–H and O–H groups in total. The summed E-state index contributed by atoms with van der Waals surface area (Å²) in [6.07, 6.45) is 0. The summed E-state index contributed by atoms with van der Waals surface area (Å²) in [4.78, 5) is 12.7. The van der Waals surface area contributed by atoms with Crippen molar-refractivity contribution in [2.75, 3.05) is 26.3 Å². The van der Waals surface area contributed by atoms with E-state index in [9.17, 15) is 10.1 Å². The molecule has 1 aromatic heterocycles. The van der Waals surface area contributed by atoms with Gasteiger partial charge in [0.25, 0.3) is 5.69 Å². The van der Waals surface area contributed by atoms with E-state index in [2.05, 4.69) is 5.10 Å². The number of hydrogen-bond donors (Lipinski definition) is 0. The quantitative estimate of drug-likeness (QED) is 0.489. The third-order valence-electron chi connectivity index (χ3n) is 3.61. The van der Waals surface area contributed by atoms with Gasteiger partial charge in [0.1, 0.15) is 0 Å². The van der Waals surface area contributed by atoms with E-state index in [4.69, 9.17) is 4.74 Å². The summed E-state index contributed by atoms with van der Waals surface area (Å²) in [5, 5.41) is 17.8. The highest BCUT2D eigenvalue weighted by molar-refractivity contribution is 7.17. The van der Waals surface area contributed by atoms with Gasteiger partial charge in [-0.25, -0.2) is 0 Å². The van der Waals surface area contributed by atoms with Crippen LogP contribution in [0.15, 0.2) is 41.5 Å². The number of nitro benzene ring substituents is 1. The molecule has 0 atom stereocenters. The van der Waals surface area contributed by atoms with Crippen LogP contribution in [0.2, 0.25) is 0 Å². The summed E-state index contributed by atoms with van der Waals surface area (Å²) in [6, 6.07) is 10.7. The molecule has 1 fully saturated rings. The number of para-hydroxylation sites is 1. The largest absolute Gasteiger partial charge is 0.378 e. The Morgan fingerprint density at radius 3 is 2.74 bits per heavy atom. The van der Waals surface area contributed by atoms with Crippen LogP contribution in [0.1, 0.15) is 11.8 Å². The lowest BCUT2D eigenvalue weighted by Crippen LogP contribution is -2.32. The zero-order chi connectivity index (χ0) is 16.2. The molecule has 2 heterocycles. The number of nitrogens with zero attached hydrogens (tertiary/aromatic N) is 3. The number of ether oxygens (including phenoxy) is 1. The molecule has 0 unspecified atom stereocenters. The number of benzene rings is 1. The Kier molecular flexibility index (Phi) is 4.68. The lowest BCUT2D eigenvalue weighted by Gasteiger charge is -2.24. The van der Waals surface area contributed by atoms with Gasteiger partial charge in [-0.1, -0.05) is 12.1 Å². The molecular formula is C16H17N3O3S. The van der Waals surface area contributed by atoms with Gasteiger partial charge in [-0.2, -0.15) is 5.10 Å². The maximum Gasteiger partial charge on any atom is 0.278 e. The van der Waals surface area contributed by atoms with Gasteiger partial charge < -0.3 is 4.74 Å². The fourth-order valence-corrected chi connectivity index (χ4v) is 3.41. The van der Waals surface area contributed by atoms with Gasteiger partial charge in [0.15, 0.2) is 0 Å². The van der Waals surface area contributed by atoms with Crippen LogP contribution in [0, 0.1) is 10.1 Å². The molecule has 1 saturated heterocycles. The Morgan fingerprint density at radius 1 is 1.26 bits per heavy atom. The lowest BCUT2D eigenvalue weighted by molar-refractivity contribution is -0.384. The summed E-state index contributed by atoms with van der Waals surface area (Å²) in [6.45, 7) is 4.94. The minimum atomic E-state index is -0.344. The molecular weight excluding hydrogens is 314 g/mol. The van der Waals surface area contributed by atoms with E-state index in [1.54, 1.807) is 12.1 Å². The van der Waals surface area contributed by atoms with E-state index < -0.39 is 0 Å². The molecule has 1 aromatic carbocycles. The van der Waals surface area contributed by atoms with Gasteiger partial charge in [-0.15, -0.1) is 11.3 Å². The normalized spacial score (nSPS) is 15.7. The summed E-state index contributed by atoms with van der Waals surface area (Å²) in [5.41, 5.74) is 1.69. The second-order valence-electron chi connectivity index (χ2n) is 5.19. The van der Waals surface area contributed by atoms with Crippen molar-refractivity contribution in [1.82, 2.24) is 5.01 Å². The summed E-state index contributed by atoms with van der Waals surface area (Å²) < 4.78 is 5.31. The second kappa shape index (κ2) is 6.89. The molecule has 0 spiro atoms. The first-order valence-electron chi connectivity index (χ1n) is 7.37. The van der Waals surface area contributed by atoms with Crippen molar-refractivity contribution in [3.8, 4) is 10.4 Å². The van der Waals surface area contributed by atoms with Crippen molar-refractivity contribution in [2.45, 2.75) is 6.92 Å². The Labute approximate surface area is 138 Å². The lowest BCUT2D eigenvalue weighted by atomic mass is 10.1. The molecule has 120 valence electrons. The van der Waals surface area contributed by atoms with Gasteiger partial charge in [0.2, 0.25) is 0 Å². The van der Waals surface area contributed by atoms with Crippen LogP contribution in [0.4, 0.5) is 5.69 Å². The number of rotatable bonds is 4. The first-order chi connectivity index (χ1) is 11.1. The summed E-state index contributed by atoms with van der Waals surface area (Å²) in [7, 11) is 0. The zero-order valence-electron chi connectivity index (χ0n) is 12.8. The smallest absolute Gasteiger partial charge is 0.278 e. The molecule has 1 aliphatic rings. The number of morpholine rings is 1. The van der Waals surface area contributed by atoms with Gasteiger partial charge in [0, 0.05) is 10.9 Å². The summed E-state index contributed by atoms with van der Waals surface area (Å²) in [5.74, 6) is 0. The van der Waals surface area contributed by atoms with Crippen molar-refractivity contribution >= 4 is 22.7 Å². The van der Waals surface area contributed by atoms with E-state index >= 15 is 0 Å². The molecule has 23 heavy (non-hydrogen) atoms. The maximum atomic E-state index is 11.2. The predicted octanol–water partition coefficient (Wildman–Crippen LogP) is 3.38. The fraction of sp³-hybridized carbons (Fsp3) is 0.312. The zero-order valence-corrected chi connectivity index (χ0v) is 13.6. The minimum Gasteiger partial charge on any atom is -0.378 e. The molecule has 6 nitrogen and oxygen atoms in total. The number of hydrogen-bond acceptors (Lipinski definition) is 6. The highest BCUT2D eigenvalue weighted by Gasteiger charge is 2.16. The van der Waals surface area contributed by atoms with Crippen LogP contribution >= 0.6 is 11.3 Å². The molecule has 0 bridgehead atoms. The van der Waals surface area contributed by atoms with Gasteiger partial charge in [0.05, 0.1) is 47.4 Å². The Balaban J connectivity index is 1.86. The Morgan fingerprint density at radius 2 is 2.00 bits per heavy atom. The van der Waals surface area contributed by atoms with Gasteiger partial charge in [-0.05, 0) is 25.1 Å². The first kappa shape index (κ1) is 15.6. The number of thiophene rings is 1. The third-order valence-corrected chi connectivity index (χ3v) is 4.84. The van der Waals surface area contributed by atoms with Crippen molar-refractivity contribution in [2.24, 2.45) is 5.10 Å². The fourth-order valence-electron chi connectivity index (χ4n) is 2.43. The van der Waals surface area contributed by atoms with Crippen LogP contribution in [0.3, 0.4) is 0 Å². The monoisotopic (exact) mass is 331 g/mol. The van der Waals surface area contributed by atoms with Crippen LogP contribution in [0.5, 0.6) is 0 Å². The van der Waals surface area contributed by atoms with Crippen molar-refractivity contribution < 1.29 is 9.66 Å². The molecule has 7 heteroatoms. The standard InChI is InChI=1S/C16H17N3O3S/c1-12(17-18-8-10-22-11-9-18)15-6-7-16(23-15)13-4-2-3-5-14(13)19(20)21/h2-7H,8-11H2,1H3/b17-12-. The summed E-state index contributed by atoms with van der Waals surface area (Å²) >= 11 is 1.52. The number of hydrazone groups is 1. The van der Waals surface area contributed by atoms with E-state index in [0.717, 1.165) is 28.6 Å². The van der Waals surface area contributed by atoms with Gasteiger partial charge >= 0.3 is 0 Å². The number of nitro groups is 1. The minimum absolute atomic E-state index is 0.128. The second-order valence-corrected chi connectivity index (χ2v) is 6.27. The van der Waals surface area contributed by atoms with Gasteiger partial charge in [-0.3, -0.25) is 15.1 Å². The predicted molar refractivity (Wildman–Crippen MR) is 91.0 cm³/mol. The van der Waals surface area contributed by atoms with Crippen molar-refractivity contribution in [3.05, 3.63) is 51.4 Å². The van der Waals surface area contributed by atoms with Crippen molar-refractivity contribution in [1.29, 1.82) is 0 Å². The van der Waals surface area contributed by atoms with E-state index in [-0.39, 0.29) is 10.6 Å². The highest BCUT2D eigenvalue weighted by Crippen LogP contribution is 2.34. The average Bonchev–Trinajstić information content (AvgIpc) is 3.06. The van der Waals surface area contributed by atoms with Crippen LogP contribution in [-0.2, 0) is 4.74 Å². The van der Waals surface area contributed by atoms with Crippen LogP contribution < -0.4 is 0 Å². The molecule has 1 aliphatic heterocycles. The maximum absolute atomic E-state index is 11.2. The molecule has 3 rings (SSSR count). The van der Waals surface area contributed by atoms with E-state index in [1.165, 1.54) is 17.4 Å². The Bertz CT molecular complexity index is 736. The third kappa shape index (κ3) is 3.57. The van der Waals surface area contributed by atoms with E-state index in [0.29, 0.717) is 18.8 Å². The first-order valence-corrected chi connectivity index (χ1v) is 8.18. The molecule has 0 saturated carbocycles.